The van der Waals surface area contributed by atoms with E-state index in [1.807, 2.05) is 35.2 Å². The summed E-state index contributed by atoms with van der Waals surface area (Å²) in [5, 5.41) is 0. The van der Waals surface area contributed by atoms with Gasteiger partial charge in [0.1, 0.15) is 5.54 Å². The summed E-state index contributed by atoms with van der Waals surface area (Å²) in [5.74, 6) is -0.111. The Morgan fingerprint density at radius 2 is 1.80 bits per heavy atom. The van der Waals surface area contributed by atoms with Crippen molar-refractivity contribution in [1.82, 2.24) is 9.80 Å². The molecule has 2 atom stereocenters. The lowest BCUT2D eigenvalue weighted by Crippen LogP contribution is -2.55. The monoisotopic (exact) mass is 345 g/mol. The zero-order valence-corrected chi connectivity index (χ0v) is 14.8. The van der Waals surface area contributed by atoms with Gasteiger partial charge in [-0.1, -0.05) is 30.3 Å². The van der Waals surface area contributed by atoms with Gasteiger partial charge in [-0.3, -0.25) is 9.59 Å². The maximum atomic E-state index is 13.0. The highest BCUT2D eigenvalue weighted by atomic mass is 16.5. The second-order valence-electron chi connectivity index (χ2n) is 7.10. The Morgan fingerprint density at radius 1 is 1.12 bits per heavy atom. The zero-order valence-electron chi connectivity index (χ0n) is 14.8. The topological polar surface area (TPSA) is 75.9 Å². The molecule has 0 radical (unpaired) electrons. The smallest absolute Gasteiger partial charge is 0.246 e. The number of likely N-dealkylation sites (tertiary alicyclic amines) is 1. The Kier molecular flexibility index (Phi) is 5.39. The number of piperidine rings is 1. The van der Waals surface area contributed by atoms with Crippen LogP contribution in [-0.4, -0.2) is 61.0 Å². The lowest BCUT2D eigenvalue weighted by Gasteiger charge is -2.39. The molecule has 2 aliphatic heterocycles. The number of nitrogens with two attached hydrogens (primary N) is 1. The fraction of sp³-hybridized carbons (Fsp3) is 0.579. The largest absolute Gasteiger partial charge is 0.378 e. The van der Waals surface area contributed by atoms with E-state index in [1.54, 1.807) is 11.8 Å². The molecule has 0 bridgehead atoms. The average molecular weight is 345 g/mol. The third kappa shape index (κ3) is 3.85. The van der Waals surface area contributed by atoms with Crippen LogP contribution in [0.3, 0.4) is 0 Å². The van der Waals surface area contributed by atoms with Crippen LogP contribution in [0.25, 0.3) is 0 Å². The molecule has 2 aliphatic rings. The van der Waals surface area contributed by atoms with Crippen LogP contribution in [-0.2, 0) is 19.9 Å². The van der Waals surface area contributed by atoms with Crippen LogP contribution in [0.2, 0.25) is 0 Å². The first-order chi connectivity index (χ1) is 12.0. The number of morpholine rings is 1. The lowest BCUT2D eigenvalue weighted by molar-refractivity contribution is -0.145. The molecule has 2 saturated heterocycles. The van der Waals surface area contributed by atoms with Gasteiger partial charge in [0.2, 0.25) is 11.8 Å². The van der Waals surface area contributed by atoms with Gasteiger partial charge in [-0.15, -0.1) is 0 Å². The third-order valence-corrected chi connectivity index (χ3v) is 5.20. The van der Waals surface area contributed by atoms with E-state index < -0.39 is 5.54 Å². The molecule has 2 fully saturated rings. The fourth-order valence-electron chi connectivity index (χ4n) is 3.64. The molecule has 1 aromatic carbocycles. The van der Waals surface area contributed by atoms with E-state index in [1.165, 1.54) is 0 Å². The number of ether oxygens (including phenoxy) is 1. The summed E-state index contributed by atoms with van der Waals surface area (Å²) in [6.45, 7) is 5.33. The second kappa shape index (κ2) is 7.54. The number of carbonyl (C=O) groups is 2. The van der Waals surface area contributed by atoms with Crippen LogP contribution < -0.4 is 5.73 Å². The van der Waals surface area contributed by atoms with Crippen molar-refractivity contribution in [3.63, 3.8) is 0 Å². The highest BCUT2D eigenvalue weighted by Crippen LogP contribution is 2.25. The summed E-state index contributed by atoms with van der Waals surface area (Å²) in [6.07, 6.45) is 1.66. The van der Waals surface area contributed by atoms with Gasteiger partial charge in [0.05, 0.1) is 19.1 Å². The van der Waals surface area contributed by atoms with Gasteiger partial charge in [0.15, 0.2) is 0 Å². The molecular weight excluding hydrogens is 318 g/mol. The van der Waals surface area contributed by atoms with E-state index in [2.05, 4.69) is 0 Å². The first kappa shape index (κ1) is 17.9. The molecule has 136 valence electrons. The highest BCUT2D eigenvalue weighted by molar-refractivity contribution is 5.88. The van der Waals surface area contributed by atoms with Gasteiger partial charge in [-0.2, -0.15) is 0 Å². The Balaban J connectivity index is 1.68. The molecule has 0 aliphatic carbocycles. The average Bonchev–Trinajstić information content (AvgIpc) is 2.68. The summed E-state index contributed by atoms with van der Waals surface area (Å²) in [5.41, 5.74) is 6.09. The molecule has 6 heteroatoms. The van der Waals surface area contributed by atoms with Gasteiger partial charge in [0, 0.05) is 26.2 Å². The SMILES string of the molecule is CC(N)(C(=O)N1CCCC(C(=O)N2CCOCC2)C1)c1ccccc1. The minimum atomic E-state index is -1.08. The van der Waals surface area contributed by atoms with E-state index in [-0.39, 0.29) is 17.7 Å². The maximum absolute atomic E-state index is 13.0. The van der Waals surface area contributed by atoms with Crippen molar-refractivity contribution < 1.29 is 14.3 Å². The van der Waals surface area contributed by atoms with Gasteiger partial charge in [-0.25, -0.2) is 0 Å². The first-order valence-corrected chi connectivity index (χ1v) is 9.00. The molecular formula is C19H27N3O3. The van der Waals surface area contributed by atoms with E-state index in [9.17, 15) is 9.59 Å². The standard InChI is InChI=1S/C19H27N3O3/c1-19(20,16-7-3-2-4-8-16)18(24)22-9-5-6-15(14-22)17(23)21-10-12-25-13-11-21/h2-4,7-8,15H,5-6,9-14,20H2,1H3. The van der Waals surface area contributed by atoms with Crippen LogP contribution in [0.1, 0.15) is 25.3 Å². The molecule has 2 amide bonds. The van der Waals surface area contributed by atoms with Crippen molar-refractivity contribution in [3.8, 4) is 0 Å². The van der Waals surface area contributed by atoms with Gasteiger partial charge in [-0.05, 0) is 25.3 Å². The van der Waals surface area contributed by atoms with E-state index in [4.69, 9.17) is 10.5 Å². The molecule has 0 spiro atoms. The number of carbonyl (C=O) groups excluding carboxylic acids is 2. The molecule has 2 unspecified atom stereocenters. The Bertz CT molecular complexity index is 612. The minimum Gasteiger partial charge on any atom is -0.378 e. The summed E-state index contributed by atoms with van der Waals surface area (Å²) in [7, 11) is 0. The van der Waals surface area contributed by atoms with Crippen molar-refractivity contribution in [2.24, 2.45) is 11.7 Å². The second-order valence-corrected chi connectivity index (χ2v) is 7.10. The number of benzene rings is 1. The van der Waals surface area contributed by atoms with Crippen LogP contribution in [0, 0.1) is 5.92 Å². The molecule has 25 heavy (non-hydrogen) atoms. The fourth-order valence-corrected chi connectivity index (χ4v) is 3.64. The molecule has 1 aromatic rings. The van der Waals surface area contributed by atoms with E-state index in [0.717, 1.165) is 18.4 Å². The summed E-state index contributed by atoms with van der Waals surface area (Å²) in [6, 6.07) is 9.42. The Labute approximate surface area is 148 Å². The third-order valence-electron chi connectivity index (χ3n) is 5.20. The molecule has 2 N–H and O–H groups in total. The minimum absolute atomic E-state index is 0.113. The van der Waals surface area contributed by atoms with Crippen molar-refractivity contribution in [3.05, 3.63) is 35.9 Å². The molecule has 3 rings (SSSR count). The number of hydrogen-bond donors (Lipinski definition) is 1. The van der Waals surface area contributed by atoms with Gasteiger partial charge in [0.25, 0.3) is 0 Å². The van der Waals surface area contributed by atoms with Crippen LogP contribution in [0.5, 0.6) is 0 Å². The van der Waals surface area contributed by atoms with Crippen molar-refractivity contribution >= 4 is 11.8 Å². The number of nitrogens with zero attached hydrogens (tertiary/aromatic N) is 2. The summed E-state index contributed by atoms with van der Waals surface area (Å²) < 4.78 is 5.32. The molecule has 0 aromatic heterocycles. The van der Waals surface area contributed by atoms with Crippen molar-refractivity contribution in [2.75, 3.05) is 39.4 Å². The van der Waals surface area contributed by atoms with Gasteiger partial charge >= 0.3 is 0 Å². The molecule has 0 saturated carbocycles. The van der Waals surface area contributed by atoms with E-state index in [0.29, 0.717) is 39.4 Å². The van der Waals surface area contributed by atoms with Crippen LogP contribution in [0.4, 0.5) is 0 Å². The lowest BCUT2D eigenvalue weighted by atomic mass is 9.89. The normalized spacial score (nSPS) is 23.8. The maximum Gasteiger partial charge on any atom is 0.246 e. The van der Waals surface area contributed by atoms with Crippen LogP contribution >= 0.6 is 0 Å². The quantitative estimate of drug-likeness (QED) is 0.885. The number of hydrogen-bond acceptors (Lipinski definition) is 4. The zero-order chi connectivity index (χ0) is 17.9. The Hall–Kier alpha value is -1.92. The molecule has 2 heterocycles. The first-order valence-electron chi connectivity index (χ1n) is 9.00. The predicted octanol–water partition coefficient (Wildman–Crippen LogP) is 0.958. The van der Waals surface area contributed by atoms with Crippen molar-refractivity contribution in [1.29, 1.82) is 0 Å². The van der Waals surface area contributed by atoms with Crippen LogP contribution in [0.15, 0.2) is 30.3 Å². The van der Waals surface area contributed by atoms with Gasteiger partial charge < -0.3 is 20.3 Å². The highest BCUT2D eigenvalue weighted by Gasteiger charge is 2.38. The molecule has 6 nitrogen and oxygen atoms in total. The number of rotatable bonds is 3. The number of amides is 2. The summed E-state index contributed by atoms with van der Waals surface area (Å²) >= 11 is 0. The van der Waals surface area contributed by atoms with E-state index >= 15 is 0 Å². The predicted molar refractivity (Wildman–Crippen MR) is 94.7 cm³/mol. The summed E-state index contributed by atoms with van der Waals surface area (Å²) in [4.78, 5) is 29.4. The van der Waals surface area contributed by atoms with Crippen molar-refractivity contribution in [2.45, 2.75) is 25.3 Å². The Morgan fingerprint density at radius 3 is 2.48 bits per heavy atom.